The molecule has 0 bridgehead atoms. The molecule has 2 aromatic heterocycles. The standard InChI is InChI=1S/C20H23FN6O/c1-14-12-22-26(13-14)10-8-19(28)23-15-6-7-17(21)16(11-15)20-25-24-18-5-3-2-4-9-27(18)20/h6-7,11-13H,2-5,8-10H2,1H3,(H,23,28). The van der Waals surface area contributed by atoms with Crippen LogP contribution in [0.2, 0.25) is 0 Å². The van der Waals surface area contributed by atoms with Gasteiger partial charge < -0.3 is 9.88 Å². The Morgan fingerprint density at radius 1 is 1.25 bits per heavy atom. The summed E-state index contributed by atoms with van der Waals surface area (Å²) in [4.78, 5) is 12.3. The Hall–Kier alpha value is -3.03. The molecule has 8 heteroatoms. The molecule has 0 atom stereocenters. The van der Waals surface area contributed by atoms with Crippen LogP contribution in [-0.2, 0) is 24.3 Å². The first kappa shape index (κ1) is 18.3. The van der Waals surface area contributed by atoms with E-state index in [9.17, 15) is 9.18 Å². The molecule has 3 aromatic rings. The molecule has 0 unspecified atom stereocenters. The fraction of sp³-hybridized carbons (Fsp3) is 0.400. The molecular formula is C20H23FN6O. The molecule has 7 nitrogen and oxygen atoms in total. The summed E-state index contributed by atoms with van der Waals surface area (Å²) < 4.78 is 18.2. The second-order valence-corrected chi connectivity index (χ2v) is 7.18. The van der Waals surface area contributed by atoms with E-state index in [1.165, 1.54) is 6.07 Å². The summed E-state index contributed by atoms with van der Waals surface area (Å²) in [7, 11) is 0. The lowest BCUT2D eigenvalue weighted by Crippen LogP contribution is -2.15. The third-order valence-corrected chi connectivity index (χ3v) is 4.93. The van der Waals surface area contributed by atoms with E-state index in [2.05, 4.69) is 20.6 Å². The minimum Gasteiger partial charge on any atom is -0.326 e. The van der Waals surface area contributed by atoms with Crippen molar-refractivity contribution < 1.29 is 9.18 Å². The average molecular weight is 382 g/mol. The second kappa shape index (κ2) is 7.92. The van der Waals surface area contributed by atoms with Crippen LogP contribution in [0.3, 0.4) is 0 Å². The summed E-state index contributed by atoms with van der Waals surface area (Å²) in [6.45, 7) is 3.23. The minimum atomic E-state index is -0.371. The van der Waals surface area contributed by atoms with Crippen molar-refractivity contribution in [1.82, 2.24) is 24.5 Å². The number of anilines is 1. The summed E-state index contributed by atoms with van der Waals surface area (Å²) in [5.41, 5.74) is 1.96. The molecule has 0 spiro atoms. The van der Waals surface area contributed by atoms with Crippen LogP contribution in [0.1, 0.15) is 37.1 Å². The SMILES string of the molecule is Cc1cnn(CCC(=O)Nc2ccc(F)c(-c3nnc4n3CCCCC4)c2)c1. The highest BCUT2D eigenvalue weighted by atomic mass is 19.1. The largest absolute Gasteiger partial charge is 0.326 e. The van der Waals surface area contributed by atoms with Crippen molar-refractivity contribution in [2.45, 2.75) is 52.1 Å². The molecule has 0 fully saturated rings. The van der Waals surface area contributed by atoms with Crippen molar-refractivity contribution in [3.05, 3.63) is 47.8 Å². The van der Waals surface area contributed by atoms with Gasteiger partial charge in [0.05, 0.1) is 11.8 Å². The fourth-order valence-corrected chi connectivity index (χ4v) is 3.49. The first-order valence-corrected chi connectivity index (χ1v) is 9.61. The zero-order valence-corrected chi connectivity index (χ0v) is 15.9. The summed E-state index contributed by atoms with van der Waals surface area (Å²) in [5, 5.41) is 15.5. The van der Waals surface area contributed by atoms with E-state index in [0.717, 1.165) is 43.6 Å². The third kappa shape index (κ3) is 3.95. The Balaban J connectivity index is 1.49. The molecule has 1 amide bonds. The number of aryl methyl sites for hydroxylation is 3. The number of nitrogens with one attached hydrogen (secondary N) is 1. The lowest BCUT2D eigenvalue weighted by molar-refractivity contribution is -0.116. The van der Waals surface area contributed by atoms with Gasteiger partial charge in [-0.15, -0.1) is 10.2 Å². The van der Waals surface area contributed by atoms with Gasteiger partial charge in [-0.1, -0.05) is 6.42 Å². The molecule has 1 aliphatic rings. The maximum atomic E-state index is 14.5. The van der Waals surface area contributed by atoms with Crippen molar-refractivity contribution in [2.24, 2.45) is 0 Å². The highest BCUT2D eigenvalue weighted by molar-refractivity contribution is 5.91. The summed E-state index contributed by atoms with van der Waals surface area (Å²) in [6.07, 6.45) is 8.03. The molecule has 0 saturated heterocycles. The molecule has 1 N–H and O–H groups in total. The van der Waals surface area contributed by atoms with E-state index in [1.54, 1.807) is 23.0 Å². The Bertz CT molecular complexity index is 992. The quantitative estimate of drug-likeness (QED) is 0.734. The number of rotatable bonds is 5. The number of fused-ring (bicyclic) bond motifs is 1. The van der Waals surface area contributed by atoms with Gasteiger partial charge in [0.1, 0.15) is 11.6 Å². The van der Waals surface area contributed by atoms with E-state index in [4.69, 9.17) is 0 Å². The molecule has 1 aliphatic heterocycles. The Morgan fingerprint density at radius 3 is 2.96 bits per heavy atom. The van der Waals surface area contributed by atoms with Gasteiger partial charge in [0.2, 0.25) is 5.91 Å². The van der Waals surface area contributed by atoms with Crippen molar-refractivity contribution in [1.29, 1.82) is 0 Å². The van der Waals surface area contributed by atoms with Crippen molar-refractivity contribution in [2.75, 3.05) is 5.32 Å². The van der Waals surface area contributed by atoms with E-state index in [-0.39, 0.29) is 18.1 Å². The van der Waals surface area contributed by atoms with Gasteiger partial charge in [0.25, 0.3) is 0 Å². The lowest BCUT2D eigenvalue weighted by atomic mass is 10.1. The number of nitrogens with zero attached hydrogens (tertiary/aromatic N) is 5. The maximum Gasteiger partial charge on any atom is 0.226 e. The molecule has 146 valence electrons. The average Bonchev–Trinajstić information content (AvgIpc) is 3.20. The van der Waals surface area contributed by atoms with Crippen LogP contribution < -0.4 is 5.32 Å². The monoisotopic (exact) mass is 382 g/mol. The van der Waals surface area contributed by atoms with Crippen molar-refractivity contribution in [3.63, 3.8) is 0 Å². The number of amides is 1. The highest BCUT2D eigenvalue weighted by Gasteiger charge is 2.19. The first-order valence-electron chi connectivity index (χ1n) is 9.61. The Kier molecular flexibility index (Phi) is 5.18. The lowest BCUT2D eigenvalue weighted by Gasteiger charge is -2.10. The smallest absolute Gasteiger partial charge is 0.226 e. The van der Waals surface area contributed by atoms with Gasteiger partial charge in [0.15, 0.2) is 5.82 Å². The number of aromatic nitrogens is 5. The molecular weight excluding hydrogens is 359 g/mol. The number of hydrogen-bond acceptors (Lipinski definition) is 4. The summed E-state index contributed by atoms with van der Waals surface area (Å²) in [6, 6.07) is 4.56. The van der Waals surface area contributed by atoms with Crippen LogP contribution in [0.15, 0.2) is 30.6 Å². The minimum absolute atomic E-state index is 0.147. The topological polar surface area (TPSA) is 77.6 Å². The van der Waals surface area contributed by atoms with Crippen LogP contribution in [0.5, 0.6) is 0 Å². The third-order valence-electron chi connectivity index (χ3n) is 4.93. The Labute approximate surface area is 162 Å². The molecule has 28 heavy (non-hydrogen) atoms. The summed E-state index contributed by atoms with van der Waals surface area (Å²) >= 11 is 0. The zero-order valence-electron chi connectivity index (χ0n) is 15.9. The predicted molar refractivity (Wildman–Crippen MR) is 103 cm³/mol. The van der Waals surface area contributed by atoms with Gasteiger partial charge >= 0.3 is 0 Å². The van der Waals surface area contributed by atoms with Gasteiger partial charge in [-0.25, -0.2) is 4.39 Å². The highest BCUT2D eigenvalue weighted by Crippen LogP contribution is 2.27. The van der Waals surface area contributed by atoms with Gasteiger partial charge in [-0.05, 0) is 43.5 Å². The number of halogens is 1. The van der Waals surface area contributed by atoms with Gasteiger partial charge in [-0.2, -0.15) is 5.10 Å². The molecule has 0 saturated carbocycles. The normalized spacial score (nSPS) is 13.8. The van der Waals surface area contributed by atoms with Gasteiger partial charge in [0, 0.05) is 37.8 Å². The van der Waals surface area contributed by atoms with Crippen LogP contribution in [0, 0.1) is 12.7 Å². The number of hydrogen-bond donors (Lipinski definition) is 1. The molecule has 3 heterocycles. The van der Waals surface area contributed by atoms with E-state index < -0.39 is 0 Å². The number of carbonyl (C=O) groups excluding carboxylic acids is 1. The summed E-state index contributed by atoms with van der Waals surface area (Å²) in [5.74, 6) is 0.906. The maximum absolute atomic E-state index is 14.5. The second-order valence-electron chi connectivity index (χ2n) is 7.18. The van der Waals surface area contributed by atoms with E-state index >= 15 is 0 Å². The number of carbonyl (C=O) groups is 1. The predicted octanol–water partition coefficient (Wildman–Crippen LogP) is 3.34. The molecule has 4 rings (SSSR count). The Morgan fingerprint density at radius 2 is 2.14 bits per heavy atom. The van der Waals surface area contributed by atoms with E-state index in [0.29, 0.717) is 23.6 Å². The van der Waals surface area contributed by atoms with Crippen molar-refractivity contribution in [3.8, 4) is 11.4 Å². The molecule has 1 aromatic carbocycles. The molecule has 0 aliphatic carbocycles. The first-order chi connectivity index (χ1) is 13.6. The number of benzene rings is 1. The van der Waals surface area contributed by atoms with Crippen LogP contribution in [0.4, 0.5) is 10.1 Å². The van der Waals surface area contributed by atoms with Crippen LogP contribution in [-0.4, -0.2) is 30.5 Å². The van der Waals surface area contributed by atoms with Crippen molar-refractivity contribution >= 4 is 11.6 Å². The van der Waals surface area contributed by atoms with Crippen LogP contribution in [0.25, 0.3) is 11.4 Å². The van der Waals surface area contributed by atoms with E-state index in [1.807, 2.05) is 17.7 Å². The molecule has 0 radical (unpaired) electrons. The van der Waals surface area contributed by atoms with Crippen LogP contribution >= 0.6 is 0 Å². The van der Waals surface area contributed by atoms with Gasteiger partial charge in [-0.3, -0.25) is 9.48 Å². The zero-order chi connectivity index (χ0) is 19.5. The fourth-order valence-electron chi connectivity index (χ4n) is 3.49.